The van der Waals surface area contributed by atoms with E-state index in [-0.39, 0.29) is 17.6 Å². The minimum atomic E-state index is -0.917. The van der Waals surface area contributed by atoms with Crippen molar-refractivity contribution in [2.45, 2.75) is 48.6 Å². The normalized spacial score (nSPS) is 23.8. The number of nitrogens with two attached hydrogens (primary N) is 1. The molecule has 1 aliphatic heterocycles. The molecule has 2 aliphatic rings. The van der Waals surface area contributed by atoms with Crippen LogP contribution in [0.25, 0.3) is 0 Å². The first kappa shape index (κ1) is 25.3. The minimum Gasteiger partial charge on any atom is -0.368 e. The van der Waals surface area contributed by atoms with Crippen molar-refractivity contribution in [3.8, 4) is 0 Å². The van der Waals surface area contributed by atoms with Gasteiger partial charge in [0.15, 0.2) is 5.78 Å². The molecule has 2 fully saturated rings. The third kappa shape index (κ3) is 4.82. The predicted molar refractivity (Wildman–Crippen MR) is 146 cm³/mol. The smallest absolute Gasteiger partial charge is 0.240 e. The number of nitrogens with zero attached hydrogens (tertiary/aromatic N) is 1. The van der Waals surface area contributed by atoms with Crippen LogP contribution >= 0.6 is 11.8 Å². The fraction of sp³-hybridized carbons (Fsp3) is 0.323. The number of carbonyl (C=O) groups excluding carboxylic acids is 3. The first-order valence-electron chi connectivity index (χ1n) is 12.9. The second-order valence-electron chi connectivity index (χ2n) is 9.98. The highest BCUT2D eigenvalue weighted by atomic mass is 32.2. The summed E-state index contributed by atoms with van der Waals surface area (Å²) < 4.78 is 0. The maximum Gasteiger partial charge on any atom is 0.240 e. The molecule has 1 saturated heterocycles. The summed E-state index contributed by atoms with van der Waals surface area (Å²) >= 11 is 1.61. The Labute approximate surface area is 222 Å². The summed E-state index contributed by atoms with van der Waals surface area (Å²) in [6.45, 7) is 0. The van der Waals surface area contributed by atoms with Gasteiger partial charge in [0.05, 0.1) is 12.0 Å². The second-order valence-corrected chi connectivity index (χ2v) is 10.9. The minimum absolute atomic E-state index is 0.0656. The van der Waals surface area contributed by atoms with Crippen LogP contribution in [0.5, 0.6) is 0 Å². The third-order valence-corrected chi connectivity index (χ3v) is 8.66. The topological polar surface area (TPSA) is 80.5 Å². The molecule has 37 heavy (non-hydrogen) atoms. The number of hydrogen-bond donors (Lipinski definition) is 1. The maximum atomic E-state index is 14.4. The average molecular weight is 513 g/mol. The van der Waals surface area contributed by atoms with Gasteiger partial charge in [0, 0.05) is 22.3 Å². The zero-order chi connectivity index (χ0) is 25.9. The quantitative estimate of drug-likeness (QED) is 0.329. The van der Waals surface area contributed by atoms with Gasteiger partial charge in [-0.25, -0.2) is 0 Å². The summed E-state index contributed by atoms with van der Waals surface area (Å²) in [7, 11) is 0. The van der Waals surface area contributed by atoms with E-state index in [9.17, 15) is 14.4 Å². The van der Waals surface area contributed by atoms with Crippen molar-refractivity contribution in [2.24, 2.45) is 17.6 Å². The molecule has 6 heteroatoms. The molecule has 1 aliphatic carbocycles. The number of Topliss-reactive ketones (excluding diaryl/α,β-unsaturated/α-hetero) is 1. The van der Waals surface area contributed by atoms with Gasteiger partial charge in [-0.1, -0.05) is 85.6 Å². The summed E-state index contributed by atoms with van der Waals surface area (Å²) in [5.74, 6) is -2.09. The predicted octanol–water partition coefficient (Wildman–Crippen LogP) is 5.62. The monoisotopic (exact) mass is 512 g/mol. The Kier molecular flexibility index (Phi) is 7.47. The third-order valence-electron chi connectivity index (χ3n) is 7.92. The molecule has 1 saturated carbocycles. The lowest BCUT2D eigenvalue weighted by atomic mass is 9.76. The van der Waals surface area contributed by atoms with Gasteiger partial charge in [-0.15, -0.1) is 11.8 Å². The van der Waals surface area contributed by atoms with Crippen LogP contribution in [-0.4, -0.2) is 34.8 Å². The number of benzene rings is 3. The standard InChI is InChI=1S/C31H32N2O3S/c1-37-24-18-16-22(17-19-24)29(34)26-25(20-10-4-2-5-11-20)28(30(32)35)33(31(36)23-14-8-9-15-23)27(26)21-12-6-3-7-13-21/h2-7,10-13,16-19,23,25-28H,8-9,14-15H2,1H3,(H2,32,35). The Balaban J connectivity index is 1.71. The number of likely N-dealkylation sites (tertiary alicyclic amines) is 1. The molecule has 0 bridgehead atoms. The van der Waals surface area contributed by atoms with Crippen molar-refractivity contribution in [3.63, 3.8) is 0 Å². The number of hydrogen-bond acceptors (Lipinski definition) is 4. The molecule has 4 atom stereocenters. The van der Waals surface area contributed by atoms with E-state index >= 15 is 0 Å². The van der Waals surface area contributed by atoms with Crippen LogP contribution in [-0.2, 0) is 9.59 Å². The summed E-state index contributed by atoms with van der Waals surface area (Å²) in [5, 5.41) is 0. The van der Waals surface area contributed by atoms with Crippen molar-refractivity contribution < 1.29 is 14.4 Å². The van der Waals surface area contributed by atoms with Gasteiger partial charge >= 0.3 is 0 Å². The van der Waals surface area contributed by atoms with Crippen LogP contribution in [0.3, 0.4) is 0 Å². The molecule has 3 aromatic rings. The largest absolute Gasteiger partial charge is 0.368 e. The van der Waals surface area contributed by atoms with Gasteiger partial charge in [-0.2, -0.15) is 0 Å². The van der Waals surface area contributed by atoms with Crippen molar-refractivity contribution in [1.29, 1.82) is 0 Å². The average Bonchev–Trinajstić information content (AvgIpc) is 3.60. The van der Waals surface area contributed by atoms with Crippen molar-refractivity contribution in [2.75, 3.05) is 6.26 Å². The lowest BCUT2D eigenvalue weighted by Crippen LogP contribution is -2.48. The maximum absolute atomic E-state index is 14.4. The molecule has 4 unspecified atom stereocenters. The Morgan fingerprint density at radius 3 is 1.92 bits per heavy atom. The van der Waals surface area contributed by atoms with Crippen LogP contribution in [0.2, 0.25) is 0 Å². The van der Waals surface area contributed by atoms with Crippen LogP contribution in [0.15, 0.2) is 89.8 Å². The molecular formula is C31H32N2O3S. The van der Waals surface area contributed by atoms with Gasteiger partial charge in [0.25, 0.3) is 0 Å². The molecule has 5 nitrogen and oxygen atoms in total. The zero-order valence-electron chi connectivity index (χ0n) is 21.0. The van der Waals surface area contributed by atoms with Crippen LogP contribution in [0.4, 0.5) is 0 Å². The zero-order valence-corrected chi connectivity index (χ0v) is 21.8. The van der Waals surface area contributed by atoms with Gasteiger partial charge < -0.3 is 10.6 Å². The molecule has 2 N–H and O–H groups in total. The lowest BCUT2D eigenvalue weighted by molar-refractivity contribution is -0.143. The molecular weight excluding hydrogens is 480 g/mol. The molecule has 5 rings (SSSR count). The summed E-state index contributed by atoms with van der Waals surface area (Å²) in [5.41, 5.74) is 8.34. The highest BCUT2D eigenvalue weighted by Crippen LogP contribution is 2.52. The summed E-state index contributed by atoms with van der Waals surface area (Å²) in [4.78, 5) is 44.4. The first-order valence-corrected chi connectivity index (χ1v) is 14.1. The molecule has 0 spiro atoms. The molecule has 0 radical (unpaired) electrons. The van der Waals surface area contributed by atoms with Gasteiger partial charge in [0.1, 0.15) is 6.04 Å². The summed E-state index contributed by atoms with van der Waals surface area (Å²) in [6, 6.07) is 25.3. The Bertz CT molecular complexity index is 1260. The lowest BCUT2D eigenvalue weighted by Gasteiger charge is -2.33. The van der Waals surface area contributed by atoms with E-state index in [0.29, 0.717) is 5.56 Å². The van der Waals surface area contributed by atoms with Gasteiger partial charge in [-0.05, 0) is 42.4 Å². The molecule has 3 aromatic carbocycles. The van der Waals surface area contributed by atoms with E-state index < -0.39 is 29.8 Å². The highest BCUT2D eigenvalue weighted by molar-refractivity contribution is 7.98. The van der Waals surface area contributed by atoms with E-state index in [1.165, 1.54) is 0 Å². The van der Waals surface area contributed by atoms with Gasteiger partial charge in [-0.3, -0.25) is 14.4 Å². The fourth-order valence-electron chi connectivity index (χ4n) is 6.22. The molecule has 0 aromatic heterocycles. The van der Waals surface area contributed by atoms with Crippen molar-refractivity contribution in [1.82, 2.24) is 4.90 Å². The fourth-order valence-corrected chi connectivity index (χ4v) is 6.63. The number of carbonyl (C=O) groups is 3. The Morgan fingerprint density at radius 1 is 0.811 bits per heavy atom. The van der Waals surface area contributed by atoms with Crippen LogP contribution < -0.4 is 5.73 Å². The SMILES string of the molecule is CSc1ccc(C(=O)C2C(c3ccccc3)C(C(N)=O)N(C(=O)C3CCCC3)C2c2ccccc2)cc1. The van der Waals surface area contributed by atoms with Crippen molar-refractivity contribution >= 4 is 29.4 Å². The van der Waals surface area contributed by atoms with Crippen molar-refractivity contribution in [3.05, 3.63) is 102 Å². The first-order chi connectivity index (χ1) is 18.0. The highest BCUT2D eigenvalue weighted by Gasteiger charge is 2.57. The molecule has 190 valence electrons. The number of amides is 2. The summed E-state index contributed by atoms with van der Waals surface area (Å²) in [6.07, 6.45) is 5.58. The van der Waals surface area contributed by atoms with Crippen LogP contribution in [0.1, 0.15) is 59.1 Å². The number of primary amides is 1. The molecule has 2 amide bonds. The van der Waals surface area contributed by atoms with E-state index in [1.807, 2.05) is 91.2 Å². The van der Waals surface area contributed by atoms with E-state index in [4.69, 9.17) is 5.73 Å². The van der Waals surface area contributed by atoms with Crippen LogP contribution in [0, 0.1) is 11.8 Å². The number of thioether (sulfide) groups is 1. The van der Waals surface area contributed by atoms with E-state index in [0.717, 1.165) is 41.7 Å². The Hall–Kier alpha value is -3.38. The number of rotatable bonds is 7. The van der Waals surface area contributed by atoms with E-state index in [1.54, 1.807) is 16.7 Å². The van der Waals surface area contributed by atoms with E-state index in [2.05, 4.69) is 0 Å². The van der Waals surface area contributed by atoms with Gasteiger partial charge in [0.2, 0.25) is 11.8 Å². The second kappa shape index (κ2) is 10.9. The molecule has 1 heterocycles. The Morgan fingerprint density at radius 2 is 1.38 bits per heavy atom. The number of ketones is 1.